The smallest absolute Gasteiger partial charge is 0.746 e. The zero-order chi connectivity index (χ0) is 14.3. The third-order valence-corrected chi connectivity index (χ3v) is 4.16. The average Bonchev–Trinajstić information content (AvgIpc) is 2.83. The van der Waals surface area contributed by atoms with Gasteiger partial charge in [0, 0.05) is 7.11 Å². The van der Waals surface area contributed by atoms with Crippen molar-refractivity contribution in [1.29, 1.82) is 0 Å². The van der Waals surface area contributed by atoms with Crippen molar-refractivity contribution in [2.75, 3.05) is 20.3 Å². The predicted octanol–water partition coefficient (Wildman–Crippen LogP) is -1.17. The number of hydrogen-bond donors (Lipinski definition) is 0. The number of ether oxygens (including phenoxy) is 3. The van der Waals surface area contributed by atoms with E-state index < -0.39 is 15.6 Å². The topological polar surface area (TPSA) is 84.9 Å². The van der Waals surface area contributed by atoms with Gasteiger partial charge in [0.15, 0.2) is 5.75 Å². The maximum atomic E-state index is 10.3. The molecule has 2 heterocycles. The van der Waals surface area contributed by atoms with Crippen molar-refractivity contribution < 1.29 is 56.7 Å². The second kappa shape index (κ2) is 9.99. The van der Waals surface area contributed by atoms with Crippen LogP contribution in [0.2, 0.25) is 0 Å². The van der Waals surface area contributed by atoms with Crippen molar-refractivity contribution in [3.05, 3.63) is 11.4 Å². The van der Waals surface area contributed by atoms with Crippen LogP contribution in [0.5, 0.6) is 10.8 Å². The van der Waals surface area contributed by atoms with Gasteiger partial charge in [-0.25, -0.2) is 8.42 Å². The molecule has 110 valence electrons. The van der Waals surface area contributed by atoms with Gasteiger partial charge in [0.1, 0.15) is 28.8 Å². The zero-order valence-electron chi connectivity index (χ0n) is 11.8. The molecule has 1 atom stereocenters. The van der Waals surface area contributed by atoms with E-state index in [1.54, 1.807) is 18.3 Å². The molecular formula is C11H17NaO6S2. The molecule has 1 aliphatic heterocycles. The molecule has 1 unspecified atom stereocenters. The van der Waals surface area contributed by atoms with Crippen LogP contribution in [0.3, 0.4) is 0 Å². The molecule has 1 aliphatic rings. The molecule has 0 amide bonds. The minimum absolute atomic E-state index is 0. The molecule has 0 saturated heterocycles. The summed E-state index contributed by atoms with van der Waals surface area (Å²) in [4.78, 5) is 0. The minimum atomic E-state index is -4.25. The van der Waals surface area contributed by atoms with Crippen molar-refractivity contribution in [3.8, 4) is 10.8 Å². The van der Waals surface area contributed by atoms with E-state index in [0.717, 1.165) is 10.8 Å². The second-order valence-corrected chi connectivity index (χ2v) is 6.11. The number of rotatable bonds is 4. The van der Waals surface area contributed by atoms with Crippen LogP contribution in [0.15, 0.2) is 11.4 Å². The van der Waals surface area contributed by atoms with E-state index in [-0.39, 0.29) is 36.0 Å². The quantitative estimate of drug-likeness (QED) is 0.510. The number of thiophene rings is 1. The molecule has 20 heavy (non-hydrogen) atoms. The van der Waals surface area contributed by atoms with Crippen LogP contribution in [0.1, 0.15) is 19.8 Å². The van der Waals surface area contributed by atoms with Gasteiger partial charge in [-0.1, -0.05) is 13.3 Å². The van der Waals surface area contributed by atoms with Crippen molar-refractivity contribution in [1.82, 2.24) is 0 Å². The Labute approximate surface area is 145 Å². The Hall–Kier alpha value is 0.170. The van der Waals surface area contributed by atoms with Crippen LogP contribution < -0.4 is 39.0 Å². The first-order valence-corrected chi connectivity index (χ1v) is 8.14. The first-order chi connectivity index (χ1) is 8.99. The summed E-state index contributed by atoms with van der Waals surface area (Å²) in [5, 5.41) is 2.89. The third-order valence-electron chi connectivity index (χ3n) is 2.28. The van der Waals surface area contributed by atoms with E-state index in [1.165, 1.54) is 7.11 Å². The number of fused-ring (bicyclic) bond motifs is 1. The summed E-state index contributed by atoms with van der Waals surface area (Å²) in [5.41, 5.74) is -1.17. The molecular weight excluding hydrogens is 315 g/mol. The second-order valence-electron chi connectivity index (χ2n) is 3.72. The normalized spacial score (nSPS) is 14.6. The Morgan fingerprint density at radius 2 is 2.10 bits per heavy atom. The van der Waals surface area contributed by atoms with Gasteiger partial charge >= 0.3 is 29.6 Å². The molecule has 0 N–H and O–H groups in total. The Balaban J connectivity index is 0.000000344. The molecule has 0 radical (unpaired) electrons. The van der Waals surface area contributed by atoms with Gasteiger partial charge < -0.3 is 18.8 Å². The Morgan fingerprint density at radius 1 is 1.45 bits per heavy atom. The van der Waals surface area contributed by atoms with Gasteiger partial charge in [0.2, 0.25) is 5.06 Å². The fourth-order valence-electron chi connectivity index (χ4n) is 1.40. The third kappa shape index (κ3) is 6.75. The average molecular weight is 332 g/mol. The molecule has 0 aromatic carbocycles. The molecule has 0 saturated carbocycles. The molecule has 6 nitrogen and oxygen atoms in total. The first kappa shape index (κ1) is 20.2. The standard InChI is InChI=1S/C6H6O2S.C5H12O4S.Na/c1-4-9-6-5(1)7-2-3-8-6;1-3-4-5(9-2)10(6,7)8;/h1,4H,2-3H2;5H,3-4H2,1-2H3,(H,6,7,8);/q;;+1/p-1. The monoisotopic (exact) mass is 332 g/mol. The van der Waals surface area contributed by atoms with E-state index in [1.807, 2.05) is 11.4 Å². The fraction of sp³-hybridized carbons (Fsp3) is 0.636. The minimum Gasteiger partial charge on any atom is -0.746 e. The summed E-state index contributed by atoms with van der Waals surface area (Å²) >= 11 is 1.58. The zero-order valence-corrected chi connectivity index (χ0v) is 15.5. The summed E-state index contributed by atoms with van der Waals surface area (Å²) in [6.45, 7) is 3.16. The summed E-state index contributed by atoms with van der Waals surface area (Å²) in [5.74, 6) is 0.895. The SMILES string of the molecule is CCCC(OC)S(=O)(=O)[O-].[Na+].c1cc2c(s1)OCCO2. The van der Waals surface area contributed by atoms with Crippen molar-refractivity contribution >= 4 is 21.5 Å². The molecule has 0 spiro atoms. The first-order valence-electron chi connectivity index (χ1n) is 5.79. The summed E-state index contributed by atoms with van der Waals surface area (Å²) in [7, 11) is -3.03. The van der Waals surface area contributed by atoms with Crippen LogP contribution in [-0.2, 0) is 14.9 Å². The predicted molar refractivity (Wildman–Crippen MR) is 70.7 cm³/mol. The van der Waals surface area contributed by atoms with Crippen LogP contribution in [-0.4, -0.2) is 38.7 Å². The van der Waals surface area contributed by atoms with E-state index >= 15 is 0 Å². The summed E-state index contributed by atoms with van der Waals surface area (Å²) < 4.78 is 45.8. The maximum Gasteiger partial charge on any atom is 1.00 e. The van der Waals surface area contributed by atoms with E-state index in [0.29, 0.717) is 19.6 Å². The summed E-state index contributed by atoms with van der Waals surface area (Å²) in [6.07, 6.45) is 0.891. The van der Waals surface area contributed by atoms with E-state index in [2.05, 4.69) is 4.74 Å². The van der Waals surface area contributed by atoms with Crippen molar-refractivity contribution in [2.24, 2.45) is 0 Å². The largest absolute Gasteiger partial charge is 1.00 e. The maximum absolute atomic E-state index is 10.3. The van der Waals surface area contributed by atoms with Crippen molar-refractivity contribution in [2.45, 2.75) is 25.2 Å². The molecule has 1 aromatic rings. The molecule has 1 aromatic heterocycles. The van der Waals surface area contributed by atoms with Crippen LogP contribution in [0.25, 0.3) is 0 Å². The van der Waals surface area contributed by atoms with Gasteiger partial charge in [-0.2, -0.15) is 0 Å². The molecule has 0 aliphatic carbocycles. The van der Waals surface area contributed by atoms with Crippen LogP contribution in [0, 0.1) is 0 Å². The Morgan fingerprint density at radius 3 is 2.55 bits per heavy atom. The molecule has 2 rings (SSSR count). The number of hydrogen-bond acceptors (Lipinski definition) is 7. The Bertz CT molecular complexity index is 453. The van der Waals surface area contributed by atoms with Crippen molar-refractivity contribution in [3.63, 3.8) is 0 Å². The van der Waals surface area contributed by atoms with E-state index in [4.69, 9.17) is 9.47 Å². The van der Waals surface area contributed by atoms with Gasteiger partial charge in [-0.15, -0.1) is 11.3 Å². The van der Waals surface area contributed by atoms with Gasteiger partial charge in [0.05, 0.1) is 0 Å². The number of methoxy groups -OCH3 is 1. The Kier molecular flexibility index (Phi) is 10.1. The fourth-order valence-corrected chi connectivity index (χ4v) is 2.87. The molecule has 9 heteroatoms. The van der Waals surface area contributed by atoms with Gasteiger partial charge in [0.25, 0.3) is 0 Å². The molecule has 0 fully saturated rings. The van der Waals surface area contributed by atoms with Crippen LogP contribution in [0.4, 0.5) is 0 Å². The van der Waals surface area contributed by atoms with Crippen LogP contribution >= 0.6 is 11.3 Å². The van der Waals surface area contributed by atoms with E-state index in [9.17, 15) is 13.0 Å². The summed E-state index contributed by atoms with van der Waals surface area (Å²) in [6, 6.07) is 1.93. The van der Waals surface area contributed by atoms with Gasteiger partial charge in [-0.05, 0) is 17.9 Å². The van der Waals surface area contributed by atoms with Gasteiger partial charge in [-0.3, -0.25) is 0 Å². The molecule has 0 bridgehead atoms.